The Hall–Kier alpha value is -3.15. The number of halogens is 1. The molecule has 8 nitrogen and oxygen atoms in total. The van der Waals surface area contributed by atoms with Gasteiger partial charge in [-0.1, -0.05) is 11.3 Å². The normalized spacial score (nSPS) is 18.7. The molecule has 1 atom stereocenters. The number of piperazine rings is 1. The van der Waals surface area contributed by atoms with Crippen molar-refractivity contribution in [3.05, 3.63) is 48.4 Å². The average molecular weight is 523 g/mol. The van der Waals surface area contributed by atoms with Gasteiger partial charge in [-0.25, -0.2) is 19.3 Å². The molecule has 186 valence electrons. The summed E-state index contributed by atoms with van der Waals surface area (Å²) in [5.74, 6) is 0.519. The van der Waals surface area contributed by atoms with E-state index in [9.17, 15) is 4.39 Å². The van der Waals surface area contributed by atoms with E-state index in [1.807, 2.05) is 23.5 Å². The van der Waals surface area contributed by atoms with E-state index in [1.54, 1.807) is 16.8 Å². The molecule has 2 aliphatic rings. The monoisotopic (exact) mass is 522 g/mol. The van der Waals surface area contributed by atoms with Crippen LogP contribution in [0, 0.1) is 0 Å². The van der Waals surface area contributed by atoms with Crippen LogP contribution in [0.25, 0.3) is 21.0 Å². The summed E-state index contributed by atoms with van der Waals surface area (Å²) in [5.41, 5.74) is 5.67. The maximum atomic E-state index is 13.7. The third kappa shape index (κ3) is 4.91. The average Bonchev–Trinajstić information content (AvgIpc) is 3.67. The Labute approximate surface area is 217 Å². The van der Waals surface area contributed by atoms with E-state index in [0.29, 0.717) is 25.5 Å². The molecular formula is C25H27FN8S2. The summed E-state index contributed by atoms with van der Waals surface area (Å²) >= 11 is 3.08. The standard InChI is InChI=1S/C25H27FN8S2/c1-32-8-10-33(11-9-32)19-4-2-18(3-5-19)30-24-28-12-20(21-13-27-16-35-21)23(31-24)22-14-29-25(36-22)34-7-6-17(26)15-34/h2-5,12-14,16-17H,6-11,15H2,1H3,(H,28,30,31)/t17-/m0/s1. The molecule has 11 heteroatoms. The van der Waals surface area contributed by atoms with Crippen molar-refractivity contribution in [2.45, 2.75) is 12.6 Å². The first-order chi connectivity index (χ1) is 17.6. The van der Waals surface area contributed by atoms with Gasteiger partial charge in [0.15, 0.2) is 5.13 Å². The molecule has 2 saturated heterocycles. The SMILES string of the molecule is CN1CCN(c2ccc(Nc3ncc(-c4cncs4)c(-c4cnc(N5CC[C@H](F)C5)s4)n3)cc2)CC1. The van der Waals surface area contributed by atoms with E-state index in [1.165, 1.54) is 17.0 Å². The van der Waals surface area contributed by atoms with Gasteiger partial charge in [0, 0.05) is 68.3 Å². The molecule has 0 bridgehead atoms. The lowest BCUT2D eigenvalue weighted by Gasteiger charge is -2.34. The van der Waals surface area contributed by atoms with Crippen molar-refractivity contribution in [3.8, 4) is 21.0 Å². The maximum Gasteiger partial charge on any atom is 0.227 e. The van der Waals surface area contributed by atoms with Gasteiger partial charge in [0.25, 0.3) is 0 Å². The molecule has 0 aliphatic carbocycles. The summed E-state index contributed by atoms with van der Waals surface area (Å²) in [6, 6.07) is 8.42. The molecule has 1 aromatic carbocycles. The van der Waals surface area contributed by atoms with Crippen molar-refractivity contribution in [1.82, 2.24) is 24.8 Å². The molecule has 0 saturated carbocycles. The first-order valence-electron chi connectivity index (χ1n) is 12.0. The Morgan fingerprint density at radius 1 is 0.944 bits per heavy atom. The van der Waals surface area contributed by atoms with E-state index >= 15 is 0 Å². The number of alkyl halides is 1. The van der Waals surface area contributed by atoms with Gasteiger partial charge in [0.05, 0.1) is 27.5 Å². The van der Waals surface area contributed by atoms with Gasteiger partial charge >= 0.3 is 0 Å². The number of benzene rings is 1. The summed E-state index contributed by atoms with van der Waals surface area (Å²) in [7, 11) is 2.16. The molecule has 0 spiro atoms. The van der Waals surface area contributed by atoms with Crippen LogP contribution in [0.2, 0.25) is 0 Å². The van der Waals surface area contributed by atoms with Gasteiger partial charge < -0.3 is 20.0 Å². The van der Waals surface area contributed by atoms with Crippen molar-refractivity contribution >= 4 is 45.1 Å². The number of thiazole rings is 2. The lowest BCUT2D eigenvalue weighted by molar-refractivity contribution is 0.313. The molecule has 5 heterocycles. The van der Waals surface area contributed by atoms with Gasteiger partial charge in [0.1, 0.15) is 6.17 Å². The van der Waals surface area contributed by atoms with E-state index in [4.69, 9.17) is 4.98 Å². The van der Waals surface area contributed by atoms with E-state index in [0.717, 1.165) is 58.0 Å². The highest BCUT2D eigenvalue weighted by molar-refractivity contribution is 7.19. The number of anilines is 4. The Morgan fingerprint density at radius 3 is 2.50 bits per heavy atom. The molecule has 6 rings (SSSR count). The molecule has 2 aliphatic heterocycles. The van der Waals surface area contributed by atoms with Gasteiger partial charge in [-0.2, -0.15) is 0 Å². The Bertz CT molecular complexity index is 1300. The summed E-state index contributed by atoms with van der Waals surface area (Å²) < 4.78 is 13.7. The van der Waals surface area contributed by atoms with Crippen LogP contribution in [0.15, 0.2) is 48.4 Å². The van der Waals surface area contributed by atoms with Crippen molar-refractivity contribution in [3.63, 3.8) is 0 Å². The zero-order valence-electron chi connectivity index (χ0n) is 20.0. The summed E-state index contributed by atoms with van der Waals surface area (Å²) in [5, 5.41) is 4.18. The highest BCUT2D eigenvalue weighted by atomic mass is 32.1. The van der Waals surface area contributed by atoms with Gasteiger partial charge in [-0.15, -0.1) is 11.3 Å². The Balaban J connectivity index is 1.25. The van der Waals surface area contributed by atoms with Crippen LogP contribution in [-0.4, -0.2) is 77.3 Å². The zero-order valence-corrected chi connectivity index (χ0v) is 21.6. The fraction of sp³-hybridized carbons (Fsp3) is 0.360. The Morgan fingerprint density at radius 2 is 1.78 bits per heavy atom. The third-order valence-corrected chi connectivity index (χ3v) is 8.48. The molecule has 0 unspecified atom stereocenters. The van der Waals surface area contributed by atoms with Crippen molar-refractivity contribution in [2.75, 3.05) is 61.4 Å². The van der Waals surface area contributed by atoms with Crippen molar-refractivity contribution < 1.29 is 4.39 Å². The number of nitrogens with one attached hydrogen (secondary N) is 1. The molecule has 0 amide bonds. The first kappa shape index (κ1) is 23.3. The molecule has 0 radical (unpaired) electrons. The predicted octanol–water partition coefficient (Wildman–Crippen LogP) is 4.77. The molecule has 1 N–H and O–H groups in total. The third-order valence-electron chi connectivity index (χ3n) is 6.61. The quantitative estimate of drug-likeness (QED) is 0.388. The lowest BCUT2D eigenvalue weighted by atomic mass is 10.2. The summed E-state index contributed by atoms with van der Waals surface area (Å²) in [4.78, 5) is 27.0. The number of nitrogens with zero attached hydrogens (tertiary/aromatic N) is 7. The van der Waals surface area contributed by atoms with E-state index < -0.39 is 6.17 Å². The molecule has 4 aromatic rings. The molecule has 3 aromatic heterocycles. The second kappa shape index (κ2) is 10.1. The second-order valence-corrected chi connectivity index (χ2v) is 11.0. The smallest absolute Gasteiger partial charge is 0.227 e. The van der Waals surface area contributed by atoms with E-state index in [-0.39, 0.29) is 0 Å². The number of likely N-dealkylation sites (N-methyl/N-ethyl adjacent to an activating group) is 1. The van der Waals surface area contributed by atoms with Crippen LogP contribution >= 0.6 is 22.7 Å². The van der Waals surface area contributed by atoms with Crippen molar-refractivity contribution in [1.29, 1.82) is 0 Å². The van der Waals surface area contributed by atoms with Crippen LogP contribution in [0.3, 0.4) is 0 Å². The summed E-state index contributed by atoms with van der Waals surface area (Å²) in [6.07, 6.45) is 5.25. The topological polar surface area (TPSA) is 73.3 Å². The highest BCUT2D eigenvalue weighted by Crippen LogP contribution is 2.38. The van der Waals surface area contributed by atoms with Gasteiger partial charge in [0.2, 0.25) is 5.95 Å². The highest BCUT2D eigenvalue weighted by Gasteiger charge is 2.25. The maximum absolute atomic E-state index is 13.7. The molecule has 36 heavy (non-hydrogen) atoms. The predicted molar refractivity (Wildman–Crippen MR) is 145 cm³/mol. The number of hydrogen-bond acceptors (Lipinski definition) is 10. The second-order valence-electron chi connectivity index (χ2n) is 9.12. The minimum absolute atomic E-state index is 0.398. The Kier molecular flexibility index (Phi) is 6.51. The molecule has 2 fully saturated rings. The van der Waals surface area contributed by atoms with Crippen LogP contribution < -0.4 is 15.1 Å². The van der Waals surface area contributed by atoms with Crippen LogP contribution in [0.4, 0.5) is 26.8 Å². The first-order valence-corrected chi connectivity index (χ1v) is 13.7. The van der Waals surface area contributed by atoms with Crippen LogP contribution in [0.5, 0.6) is 0 Å². The number of aromatic nitrogens is 4. The van der Waals surface area contributed by atoms with Crippen LogP contribution in [-0.2, 0) is 0 Å². The van der Waals surface area contributed by atoms with Gasteiger partial charge in [-0.05, 0) is 37.7 Å². The largest absolute Gasteiger partial charge is 0.369 e. The zero-order chi connectivity index (χ0) is 24.5. The minimum atomic E-state index is -0.789. The lowest BCUT2D eigenvalue weighted by Crippen LogP contribution is -2.44. The van der Waals surface area contributed by atoms with Crippen LogP contribution in [0.1, 0.15) is 6.42 Å². The van der Waals surface area contributed by atoms with Crippen molar-refractivity contribution in [2.24, 2.45) is 0 Å². The minimum Gasteiger partial charge on any atom is -0.369 e. The number of hydrogen-bond donors (Lipinski definition) is 1. The molecular weight excluding hydrogens is 495 g/mol. The fourth-order valence-electron chi connectivity index (χ4n) is 4.52. The number of rotatable bonds is 6. The van der Waals surface area contributed by atoms with E-state index in [2.05, 4.69) is 61.4 Å². The summed E-state index contributed by atoms with van der Waals surface area (Å²) in [6.45, 7) is 5.32. The fourth-order valence-corrected chi connectivity index (χ4v) is 6.11. The van der Waals surface area contributed by atoms with Gasteiger partial charge in [-0.3, -0.25) is 4.98 Å².